The van der Waals surface area contributed by atoms with Crippen molar-refractivity contribution in [2.24, 2.45) is 0 Å². The molecule has 0 spiro atoms. The van der Waals surface area contributed by atoms with Gasteiger partial charge in [-0.3, -0.25) is 0 Å². The first kappa shape index (κ1) is 25.5. The zero-order valence-corrected chi connectivity index (χ0v) is 19.9. The molecule has 0 bridgehead atoms. The second-order valence-corrected chi connectivity index (χ2v) is 13.1. The molecule has 0 amide bonds. The van der Waals surface area contributed by atoms with Crippen LogP contribution >= 0.6 is 12.6 Å². The molecule has 0 fully saturated rings. The average molecular weight is 415 g/mol. The Labute approximate surface area is 162 Å². The van der Waals surface area contributed by atoms with Crippen molar-refractivity contribution in [3.05, 3.63) is 0 Å². The van der Waals surface area contributed by atoms with Gasteiger partial charge in [0.15, 0.2) is 3.99 Å². The minimum Gasteiger partial charge on any atom is -0.373 e. The van der Waals surface area contributed by atoms with Crippen LogP contribution in [-0.4, -0.2) is 61.2 Å². The lowest BCUT2D eigenvalue weighted by Gasteiger charge is -2.48. The molecule has 0 radical (unpaired) electrons. The average Bonchev–Trinajstić information content (AvgIpc) is 2.56. The van der Waals surface area contributed by atoms with Crippen molar-refractivity contribution in [3.8, 4) is 0 Å². The third kappa shape index (κ3) is 5.76. The van der Waals surface area contributed by atoms with E-state index in [2.05, 4.69) is 6.92 Å². The Morgan fingerprint density at radius 3 is 0.960 bits per heavy atom. The summed E-state index contributed by atoms with van der Waals surface area (Å²) < 4.78 is 36.2. The lowest BCUT2D eigenvalue weighted by atomic mass is 10.4. The lowest BCUT2D eigenvalue weighted by Crippen LogP contribution is -2.77. The normalized spacial score (nSPS) is 13.4. The molecule has 0 atom stereocenters. The van der Waals surface area contributed by atoms with Crippen LogP contribution in [0.2, 0.25) is 0 Å². The summed E-state index contributed by atoms with van der Waals surface area (Å²) in [4.78, 5) is 0. The van der Waals surface area contributed by atoms with Crippen molar-refractivity contribution < 1.29 is 26.6 Å². The van der Waals surface area contributed by atoms with Crippen LogP contribution in [0.25, 0.3) is 0 Å². The molecule has 0 aromatic rings. The highest BCUT2D eigenvalue weighted by Crippen LogP contribution is 2.44. The fourth-order valence-electron chi connectivity index (χ4n) is 2.96. The maximum absolute atomic E-state index is 6.19. The summed E-state index contributed by atoms with van der Waals surface area (Å²) >= 11 is 5.14. The van der Waals surface area contributed by atoms with E-state index in [1.807, 2.05) is 41.5 Å². The van der Waals surface area contributed by atoms with E-state index in [9.17, 15) is 0 Å². The van der Waals surface area contributed by atoms with Crippen LogP contribution in [0, 0.1) is 0 Å². The minimum absolute atomic E-state index is 0.465. The fourth-order valence-corrected chi connectivity index (χ4v) is 12.5. The smallest absolute Gasteiger partial charge is 0.373 e. The van der Waals surface area contributed by atoms with Crippen LogP contribution in [0.3, 0.4) is 0 Å². The number of thiol groups is 1. The molecule has 0 saturated heterocycles. The van der Waals surface area contributed by atoms with Crippen molar-refractivity contribution in [2.45, 2.75) is 65.3 Å². The van der Waals surface area contributed by atoms with E-state index in [0.29, 0.717) is 46.1 Å². The van der Waals surface area contributed by atoms with Crippen LogP contribution in [0.4, 0.5) is 0 Å². The summed E-state index contributed by atoms with van der Waals surface area (Å²) in [6.45, 7) is 16.5. The van der Waals surface area contributed by atoms with Gasteiger partial charge in [-0.15, -0.1) is 0 Å². The van der Waals surface area contributed by atoms with E-state index in [4.69, 9.17) is 39.2 Å². The van der Waals surface area contributed by atoms with Crippen molar-refractivity contribution in [2.75, 3.05) is 39.6 Å². The maximum atomic E-state index is 6.19. The Morgan fingerprint density at radius 1 is 0.560 bits per heavy atom. The fraction of sp³-hybridized carbons (Fsp3) is 1.00. The third-order valence-corrected chi connectivity index (χ3v) is 13.9. The van der Waals surface area contributed by atoms with Gasteiger partial charge >= 0.3 is 17.6 Å². The van der Waals surface area contributed by atoms with Crippen LogP contribution in [0.5, 0.6) is 0 Å². The Kier molecular flexibility index (Phi) is 13.1. The van der Waals surface area contributed by atoms with Crippen LogP contribution in [-0.2, 0) is 26.6 Å². The van der Waals surface area contributed by atoms with Crippen LogP contribution in [0.15, 0.2) is 0 Å². The van der Waals surface area contributed by atoms with Gasteiger partial charge in [0, 0.05) is 39.6 Å². The highest BCUT2D eigenvalue weighted by molar-refractivity contribution is 7.86. The van der Waals surface area contributed by atoms with E-state index in [0.717, 1.165) is 6.42 Å². The maximum Gasteiger partial charge on any atom is 0.522 e. The van der Waals surface area contributed by atoms with Gasteiger partial charge in [0.25, 0.3) is 0 Å². The van der Waals surface area contributed by atoms with Crippen molar-refractivity contribution in [1.82, 2.24) is 0 Å². The molecule has 6 nitrogen and oxygen atoms in total. The van der Waals surface area contributed by atoms with Gasteiger partial charge in [0.1, 0.15) is 0 Å². The van der Waals surface area contributed by atoms with E-state index in [-0.39, 0.29) is 0 Å². The predicted octanol–water partition coefficient (Wildman–Crippen LogP) is 3.63. The zero-order valence-electron chi connectivity index (χ0n) is 17.1. The number of hydrogen-bond acceptors (Lipinski definition) is 7. The molecule has 9 heteroatoms. The summed E-state index contributed by atoms with van der Waals surface area (Å²) in [7, 11) is -6.53. The zero-order chi connectivity index (χ0) is 19.4. The predicted molar refractivity (Wildman–Crippen MR) is 108 cm³/mol. The molecule has 25 heavy (non-hydrogen) atoms. The molecule has 0 rings (SSSR count). The first-order valence-electron chi connectivity index (χ1n) is 9.48. The van der Waals surface area contributed by atoms with Crippen molar-refractivity contribution in [1.29, 1.82) is 0 Å². The van der Waals surface area contributed by atoms with E-state index >= 15 is 0 Å². The van der Waals surface area contributed by atoms with Gasteiger partial charge in [0.05, 0.1) is 0 Å². The second-order valence-electron chi connectivity index (χ2n) is 5.32. The first-order chi connectivity index (χ1) is 11.9. The molecule has 0 heterocycles. The van der Waals surface area contributed by atoms with Crippen molar-refractivity contribution in [3.63, 3.8) is 0 Å². The topological polar surface area (TPSA) is 55.4 Å². The van der Waals surface area contributed by atoms with Gasteiger partial charge < -0.3 is 26.6 Å². The highest BCUT2D eigenvalue weighted by Gasteiger charge is 2.75. The van der Waals surface area contributed by atoms with Gasteiger partial charge in [-0.25, -0.2) is 0 Å². The molecular formula is C16H38O6SSi2. The molecule has 0 N–H and O–H groups in total. The quantitative estimate of drug-likeness (QED) is 0.307. The Balaban J connectivity index is 6.43. The Bertz CT molecular complexity index is 289. The van der Waals surface area contributed by atoms with E-state index in [1.165, 1.54) is 0 Å². The highest BCUT2D eigenvalue weighted by atomic mass is 32.1. The summed E-state index contributed by atoms with van der Waals surface area (Å²) in [5, 5.41) is 0. The second kappa shape index (κ2) is 12.8. The molecule has 152 valence electrons. The first-order valence-corrected chi connectivity index (χ1v) is 13.4. The Morgan fingerprint density at radius 2 is 0.800 bits per heavy atom. The summed E-state index contributed by atoms with van der Waals surface area (Å²) in [6, 6.07) is 0. The molecule has 0 aliphatic rings. The summed E-state index contributed by atoms with van der Waals surface area (Å²) in [5.41, 5.74) is 0. The van der Waals surface area contributed by atoms with E-state index < -0.39 is 21.6 Å². The largest absolute Gasteiger partial charge is 0.522 e. The standard InChI is InChI=1S/C16H38O6SSi2/c1-8-15-16(23,24(17-9-2,18-10-3)19-11-4)25(20-12-5,21-13-6)22-14-7/h23H,8-15H2,1-7H3. The van der Waals surface area contributed by atoms with Crippen LogP contribution in [0.1, 0.15) is 61.3 Å². The number of rotatable bonds is 16. The van der Waals surface area contributed by atoms with Gasteiger partial charge in [0.2, 0.25) is 0 Å². The molecule has 0 saturated carbocycles. The van der Waals surface area contributed by atoms with Crippen molar-refractivity contribution >= 4 is 30.2 Å². The van der Waals surface area contributed by atoms with E-state index in [1.54, 1.807) is 0 Å². The molecule has 0 unspecified atom stereocenters. The molecule has 0 aliphatic carbocycles. The lowest BCUT2D eigenvalue weighted by molar-refractivity contribution is 0.0273. The minimum atomic E-state index is -3.27. The monoisotopic (exact) mass is 414 g/mol. The van der Waals surface area contributed by atoms with Gasteiger partial charge in [-0.1, -0.05) is 13.3 Å². The molecular weight excluding hydrogens is 376 g/mol. The SMILES string of the molecule is CCCC(S)([Si](OCC)(OCC)OCC)[Si](OCC)(OCC)OCC. The summed E-state index contributed by atoms with van der Waals surface area (Å²) in [6.07, 6.45) is 1.52. The number of hydrogen-bond donors (Lipinski definition) is 1. The van der Waals surface area contributed by atoms with Crippen LogP contribution < -0.4 is 0 Å². The molecule has 0 aromatic heterocycles. The summed E-state index contributed by atoms with van der Waals surface area (Å²) in [5.74, 6) is 0. The Hall–Kier alpha value is 0.544. The molecule has 0 aromatic carbocycles. The van der Waals surface area contributed by atoms with Gasteiger partial charge in [-0.05, 0) is 48.0 Å². The molecule has 0 aliphatic heterocycles. The van der Waals surface area contributed by atoms with Gasteiger partial charge in [-0.2, -0.15) is 12.6 Å². The third-order valence-electron chi connectivity index (χ3n) is 3.63.